The number of methoxy groups -OCH3 is 1. The zero-order valence-corrected chi connectivity index (χ0v) is 14.1. The van der Waals surface area contributed by atoms with Crippen molar-refractivity contribution in [1.82, 2.24) is 9.78 Å². The summed E-state index contributed by atoms with van der Waals surface area (Å²) in [6.45, 7) is -0.129. The van der Waals surface area contributed by atoms with Gasteiger partial charge in [0.05, 0.1) is 26.0 Å². The summed E-state index contributed by atoms with van der Waals surface area (Å²) in [4.78, 5) is 0. The van der Waals surface area contributed by atoms with Crippen molar-refractivity contribution in [2.24, 2.45) is 7.05 Å². The molecule has 0 radical (unpaired) electrons. The van der Waals surface area contributed by atoms with Gasteiger partial charge in [-0.2, -0.15) is 5.10 Å². The molecule has 0 saturated heterocycles. The van der Waals surface area contributed by atoms with E-state index < -0.39 is 0 Å². The minimum atomic E-state index is -0.293. The first kappa shape index (κ1) is 17.0. The van der Waals surface area contributed by atoms with Crippen molar-refractivity contribution in [3.8, 4) is 5.75 Å². The Kier molecular flexibility index (Phi) is 5.00. The quantitative estimate of drug-likeness (QED) is 0.722. The fourth-order valence-corrected chi connectivity index (χ4v) is 2.79. The standard InChI is InChI=1S/C19H20FN3O2/c1-23-11-15(10-21-23)19(13-4-3-5-16(20)8-13)22-17-6-7-18(25-2)14(9-17)12-24/h3-11,19,22,24H,12H2,1-2H3. The summed E-state index contributed by atoms with van der Waals surface area (Å²) in [5, 5.41) is 17.1. The topological polar surface area (TPSA) is 59.3 Å². The van der Waals surface area contributed by atoms with E-state index in [1.165, 1.54) is 12.1 Å². The van der Waals surface area contributed by atoms with Gasteiger partial charge < -0.3 is 15.2 Å². The van der Waals surface area contributed by atoms with Gasteiger partial charge in [-0.25, -0.2) is 4.39 Å². The van der Waals surface area contributed by atoms with Crippen molar-refractivity contribution >= 4 is 5.69 Å². The Bertz CT molecular complexity index is 863. The molecule has 0 aliphatic rings. The van der Waals surface area contributed by atoms with E-state index in [1.54, 1.807) is 30.1 Å². The van der Waals surface area contributed by atoms with Gasteiger partial charge in [-0.05, 0) is 35.9 Å². The maximum atomic E-state index is 13.7. The van der Waals surface area contributed by atoms with Crippen molar-refractivity contribution in [2.45, 2.75) is 12.6 Å². The molecule has 1 aromatic heterocycles. The van der Waals surface area contributed by atoms with Crippen LogP contribution in [0.15, 0.2) is 54.9 Å². The van der Waals surface area contributed by atoms with E-state index in [9.17, 15) is 9.50 Å². The van der Waals surface area contributed by atoms with Crippen molar-refractivity contribution in [3.05, 3.63) is 77.4 Å². The number of ether oxygens (including phenoxy) is 1. The van der Waals surface area contributed by atoms with Crippen LogP contribution in [-0.2, 0) is 13.7 Å². The number of aryl methyl sites for hydroxylation is 1. The maximum Gasteiger partial charge on any atom is 0.124 e. The number of nitrogens with zero attached hydrogens (tertiary/aromatic N) is 2. The molecule has 5 nitrogen and oxygen atoms in total. The fourth-order valence-electron chi connectivity index (χ4n) is 2.79. The summed E-state index contributed by atoms with van der Waals surface area (Å²) in [5.74, 6) is 0.329. The molecule has 1 unspecified atom stereocenters. The monoisotopic (exact) mass is 341 g/mol. The van der Waals surface area contributed by atoms with Crippen molar-refractivity contribution < 1.29 is 14.2 Å². The fraction of sp³-hybridized carbons (Fsp3) is 0.211. The number of hydrogen-bond acceptors (Lipinski definition) is 4. The van der Waals surface area contributed by atoms with Crippen LogP contribution in [0.5, 0.6) is 5.75 Å². The second-order valence-corrected chi connectivity index (χ2v) is 5.76. The van der Waals surface area contributed by atoms with E-state index in [0.29, 0.717) is 11.3 Å². The van der Waals surface area contributed by atoms with E-state index in [-0.39, 0.29) is 18.5 Å². The van der Waals surface area contributed by atoms with Crippen LogP contribution < -0.4 is 10.1 Å². The summed E-state index contributed by atoms with van der Waals surface area (Å²) in [6, 6.07) is 11.7. The minimum Gasteiger partial charge on any atom is -0.496 e. The lowest BCUT2D eigenvalue weighted by atomic mass is 10.0. The van der Waals surface area contributed by atoms with Crippen LogP contribution in [0.1, 0.15) is 22.7 Å². The van der Waals surface area contributed by atoms with Crippen LogP contribution >= 0.6 is 0 Å². The van der Waals surface area contributed by atoms with Gasteiger partial charge in [0.1, 0.15) is 11.6 Å². The van der Waals surface area contributed by atoms with Gasteiger partial charge in [0.15, 0.2) is 0 Å². The molecule has 0 saturated carbocycles. The predicted molar refractivity (Wildman–Crippen MR) is 94.0 cm³/mol. The highest BCUT2D eigenvalue weighted by molar-refractivity contribution is 5.54. The first-order chi connectivity index (χ1) is 12.1. The molecular weight excluding hydrogens is 321 g/mol. The second kappa shape index (κ2) is 7.36. The molecule has 0 aliphatic carbocycles. The molecule has 1 heterocycles. The van der Waals surface area contributed by atoms with Crippen LogP contribution in [0.4, 0.5) is 10.1 Å². The number of hydrogen-bond donors (Lipinski definition) is 2. The third kappa shape index (κ3) is 3.80. The van der Waals surface area contributed by atoms with Gasteiger partial charge in [-0.15, -0.1) is 0 Å². The van der Waals surface area contributed by atoms with Gasteiger partial charge >= 0.3 is 0 Å². The lowest BCUT2D eigenvalue weighted by Crippen LogP contribution is -2.12. The number of anilines is 1. The SMILES string of the molecule is COc1ccc(NC(c2cccc(F)c2)c2cnn(C)c2)cc1CO. The molecule has 1 atom stereocenters. The van der Waals surface area contributed by atoms with Gasteiger partial charge in [0.2, 0.25) is 0 Å². The van der Waals surface area contributed by atoms with E-state index in [4.69, 9.17) is 4.74 Å². The molecule has 0 aliphatic heterocycles. The first-order valence-corrected chi connectivity index (χ1v) is 7.89. The highest BCUT2D eigenvalue weighted by Gasteiger charge is 2.17. The second-order valence-electron chi connectivity index (χ2n) is 5.76. The molecule has 3 rings (SSSR count). The molecule has 3 aromatic rings. The Labute approximate surface area is 145 Å². The van der Waals surface area contributed by atoms with Gasteiger partial charge in [0.25, 0.3) is 0 Å². The highest BCUT2D eigenvalue weighted by Crippen LogP contribution is 2.29. The van der Waals surface area contributed by atoms with Crippen LogP contribution in [-0.4, -0.2) is 22.0 Å². The summed E-state index contributed by atoms with van der Waals surface area (Å²) < 4.78 is 20.6. The lowest BCUT2D eigenvalue weighted by molar-refractivity contribution is 0.274. The number of nitrogens with one attached hydrogen (secondary N) is 1. The summed E-state index contributed by atoms with van der Waals surface area (Å²) in [6.07, 6.45) is 3.64. The van der Waals surface area contributed by atoms with E-state index >= 15 is 0 Å². The average molecular weight is 341 g/mol. The normalized spacial score (nSPS) is 12.0. The summed E-state index contributed by atoms with van der Waals surface area (Å²) in [7, 11) is 3.40. The highest BCUT2D eigenvalue weighted by atomic mass is 19.1. The molecule has 2 N–H and O–H groups in total. The van der Waals surface area contributed by atoms with Crippen molar-refractivity contribution in [3.63, 3.8) is 0 Å². The minimum absolute atomic E-state index is 0.129. The summed E-state index contributed by atoms with van der Waals surface area (Å²) in [5.41, 5.74) is 3.17. The molecule has 0 fully saturated rings. The number of aliphatic hydroxyl groups is 1. The molecule has 130 valence electrons. The van der Waals surface area contributed by atoms with Gasteiger partial charge in [0, 0.05) is 30.1 Å². The Morgan fingerprint density at radius 2 is 2.08 bits per heavy atom. The van der Waals surface area contributed by atoms with Crippen LogP contribution in [0.2, 0.25) is 0 Å². The zero-order valence-electron chi connectivity index (χ0n) is 14.1. The zero-order chi connectivity index (χ0) is 17.8. The van der Waals surface area contributed by atoms with E-state index in [1.807, 2.05) is 31.4 Å². The largest absolute Gasteiger partial charge is 0.496 e. The predicted octanol–water partition coefficient (Wildman–Crippen LogP) is 3.26. The van der Waals surface area contributed by atoms with Crippen molar-refractivity contribution in [1.29, 1.82) is 0 Å². The van der Waals surface area contributed by atoms with E-state index in [0.717, 1.165) is 16.8 Å². The molecule has 0 amide bonds. The summed E-state index contributed by atoms with van der Waals surface area (Å²) >= 11 is 0. The maximum absolute atomic E-state index is 13.7. The molecule has 6 heteroatoms. The van der Waals surface area contributed by atoms with Crippen LogP contribution in [0, 0.1) is 5.82 Å². The first-order valence-electron chi connectivity index (χ1n) is 7.89. The lowest BCUT2D eigenvalue weighted by Gasteiger charge is -2.20. The number of aromatic nitrogens is 2. The third-order valence-electron chi connectivity index (χ3n) is 4.00. The third-order valence-corrected chi connectivity index (χ3v) is 4.00. The number of rotatable bonds is 6. The number of halogens is 1. The Morgan fingerprint density at radius 1 is 1.24 bits per heavy atom. The Balaban J connectivity index is 1.98. The Morgan fingerprint density at radius 3 is 2.72 bits per heavy atom. The Hall–Kier alpha value is -2.86. The average Bonchev–Trinajstić information content (AvgIpc) is 3.05. The van der Waals surface area contributed by atoms with Crippen LogP contribution in [0.3, 0.4) is 0 Å². The van der Waals surface area contributed by atoms with Crippen LogP contribution in [0.25, 0.3) is 0 Å². The smallest absolute Gasteiger partial charge is 0.124 e. The molecule has 2 aromatic carbocycles. The molecule has 25 heavy (non-hydrogen) atoms. The van der Waals surface area contributed by atoms with Crippen molar-refractivity contribution in [2.75, 3.05) is 12.4 Å². The van der Waals surface area contributed by atoms with E-state index in [2.05, 4.69) is 10.4 Å². The van der Waals surface area contributed by atoms with Gasteiger partial charge in [-0.1, -0.05) is 12.1 Å². The van der Waals surface area contributed by atoms with Gasteiger partial charge in [-0.3, -0.25) is 4.68 Å². The molecule has 0 bridgehead atoms. The molecule has 0 spiro atoms. The number of benzene rings is 2. The number of aliphatic hydroxyl groups excluding tert-OH is 1. The molecular formula is C19H20FN3O2.